The van der Waals surface area contributed by atoms with Gasteiger partial charge in [0.15, 0.2) is 23.0 Å². The van der Waals surface area contributed by atoms with Crippen molar-refractivity contribution in [1.82, 2.24) is 9.80 Å². The summed E-state index contributed by atoms with van der Waals surface area (Å²) in [5.41, 5.74) is 0.503. The molecule has 4 saturated carbocycles. The average Bonchev–Trinajstić information content (AvgIpc) is 3.74. The number of carbonyl (C=O) groups excluding carboxylic acids is 2. The molecule has 0 unspecified atom stereocenters. The topological polar surface area (TPSA) is 158 Å². The van der Waals surface area contributed by atoms with Crippen molar-refractivity contribution in [2.75, 3.05) is 26.2 Å². The van der Waals surface area contributed by atoms with Crippen LogP contribution in [0.15, 0.2) is 24.3 Å². The Morgan fingerprint density at radius 3 is 1.47 bits per heavy atom. The molecule has 12 heteroatoms. The second-order valence-electron chi connectivity index (χ2n) is 20.6. The van der Waals surface area contributed by atoms with Crippen LogP contribution in [0.5, 0.6) is 23.0 Å². The SMILES string of the molecule is O=C(CCCCC(=O)Oc1ccc2c3c1O[C@H]1[C@@H](O)CC[C@@]4(O)[C@@H](C2)N(CC2CCC2)CC[C@]314)Oc1ccc2c3c1O[C@H]1[C@@H](O)CC[C@@]4(O)[C@@H](C2)N(CC2CCC2)CC[C@]314. The zero-order chi connectivity index (χ0) is 40.8. The van der Waals surface area contributed by atoms with Gasteiger partial charge >= 0.3 is 11.9 Å². The lowest BCUT2D eigenvalue weighted by Gasteiger charge is -2.64. The minimum absolute atomic E-state index is 0.0355. The number of esters is 2. The van der Waals surface area contributed by atoms with Gasteiger partial charge in [-0.3, -0.25) is 19.4 Å². The molecule has 0 amide bonds. The summed E-state index contributed by atoms with van der Waals surface area (Å²) in [6, 6.07) is 7.58. The molecule has 12 nitrogen and oxygen atoms in total. The van der Waals surface area contributed by atoms with Crippen LogP contribution in [-0.4, -0.2) is 116 Å². The molecule has 2 aromatic carbocycles. The second kappa shape index (κ2) is 13.6. The van der Waals surface area contributed by atoms with E-state index < -0.39 is 58.4 Å². The van der Waals surface area contributed by atoms with E-state index in [9.17, 15) is 30.0 Å². The van der Waals surface area contributed by atoms with Gasteiger partial charge in [-0.15, -0.1) is 0 Å². The van der Waals surface area contributed by atoms with Gasteiger partial charge in [-0.25, -0.2) is 0 Å². The predicted octanol–water partition coefficient (Wildman–Crippen LogP) is 4.39. The summed E-state index contributed by atoms with van der Waals surface area (Å²) in [6.45, 7) is 3.70. The molecule has 10 aliphatic rings. The standard InChI is InChI=1S/C48H60N2O10/c51-31-15-17-47(55)35-23-29-11-13-33(41-39(29)45(47,43(31)59-41)19-21-49(35)25-27-5-3-6-27)57-37(53)9-1-2-10-38(54)58-34-14-12-30-24-36-48(56)18-16-32(52)44-46(48,40(30)42(34)60-44)20-22-50(36)26-28-7-4-8-28/h11-14,27-28,31-32,35-36,43-44,51-52,55-56H,1-10,15-26H2/t31-,32-,35+,36+,43-,44-,45-,46-,47+,48+/m0/s1. The van der Waals surface area contributed by atoms with Crippen LogP contribution in [0.1, 0.15) is 125 Å². The number of aliphatic hydroxyl groups excluding tert-OH is 2. The summed E-state index contributed by atoms with van der Waals surface area (Å²) in [7, 11) is 0. The van der Waals surface area contributed by atoms with E-state index in [2.05, 4.69) is 9.80 Å². The highest BCUT2D eigenvalue weighted by molar-refractivity contribution is 5.76. The summed E-state index contributed by atoms with van der Waals surface area (Å²) in [5.74, 6) is 2.13. The third-order valence-electron chi connectivity index (χ3n) is 17.9. The quantitative estimate of drug-likeness (QED) is 0.144. The molecule has 60 heavy (non-hydrogen) atoms. The first-order chi connectivity index (χ1) is 29.0. The monoisotopic (exact) mass is 824 g/mol. The Bertz CT molecular complexity index is 1970. The van der Waals surface area contributed by atoms with Crippen LogP contribution in [0.25, 0.3) is 0 Å². The number of rotatable bonds is 11. The zero-order valence-electron chi connectivity index (χ0n) is 34.6. The molecule has 4 heterocycles. The Morgan fingerprint density at radius 1 is 0.633 bits per heavy atom. The maximum atomic E-state index is 13.3. The number of benzene rings is 2. The summed E-state index contributed by atoms with van der Waals surface area (Å²) >= 11 is 0. The van der Waals surface area contributed by atoms with E-state index in [1.807, 2.05) is 12.1 Å². The van der Waals surface area contributed by atoms with Gasteiger partial charge in [-0.2, -0.15) is 0 Å². The van der Waals surface area contributed by atoms with Crippen molar-refractivity contribution in [3.05, 3.63) is 46.5 Å². The summed E-state index contributed by atoms with van der Waals surface area (Å²) in [5, 5.41) is 48.0. The molecule has 2 saturated heterocycles. The van der Waals surface area contributed by atoms with Gasteiger partial charge in [-0.05, 0) is 138 Å². The third-order valence-corrected chi connectivity index (χ3v) is 17.9. The van der Waals surface area contributed by atoms with Crippen molar-refractivity contribution < 1.29 is 49.0 Å². The normalized spacial score (nSPS) is 39.4. The first-order valence-corrected chi connectivity index (χ1v) is 23.4. The molecule has 322 valence electrons. The second-order valence-corrected chi connectivity index (χ2v) is 20.6. The van der Waals surface area contributed by atoms with Crippen molar-refractivity contribution in [2.45, 2.75) is 174 Å². The summed E-state index contributed by atoms with van der Waals surface area (Å²) < 4.78 is 25.1. The van der Waals surface area contributed by atoms with Gasteiger partial charge in [0.2, 0.25) is 0 Å². The van der Waals surface area contributed by atoms with Crippen LogP contribution < -0.4 is 18.9 Å². The molecule has 12 rings (SSSR count). The number of nitrogens with zero attached hydrogens (tertiary/aromatic N) is 2. The maximum Gasteiger partial charge on any atom is 0.311 e. The smallest absolute Gasteiger partial charge is 0.311 e. The summed E-state index contributed by atoms with van der Waals surface area (Å²) in [4.78, 5) is 31.7. The number of hydrogen-bond donors (Lipinski definition) is 4. The number of ether oxygens (including phenoxy) is 4. The number of unbranched alkanes of at least 4 members (excludes halogenated alkanes) is 1. The fourth-order valence-corrected chi connectivity index (χ4v) is 14.7. The Labute approximate surface area is 351 Å². The minimum atomic E-state index is -1.03. The van der Waals surface area contributed by atoms with E-state index in [4.69, 9.17) is 18.9 Å². The van der Waals surface area contributed by atoms with E-state index in [0.29, 0.717) is 99.0 Å². The van der Waals surface area contributed by atoms with Crippen LogP contribution in [0.3, 0.4) is 0 Å². The zero-order valence-corrected chi connectivity index (χ0v) is 34.6. The largest absolute Gasteiger partial charge is 0.482 e. The first kappa shape index (κ1) is 38.4. The Balaban J connectivity index is 0.709. The van der Waals surface area contributed by atoms with E-state index in [1.165, 1.54) is 38.5 Å². The van der Waals surface area contributed by atoms with Crippen LogP contribution >= 0.6 is 0 Å². The predicted molar refractivity (Wildman–Crippen MR) is 217 cm³/mol. The molecular weight excluding hydrogens is 765 g/mol. The summed E-state index contributed by atoms with van der Waals surface area (Å²) in [6.07, 6.45) is 10.7. The number of aliphatic hydroxyl groups is 4. The third kappa shape index (κ3) is 5.12. The molecule has 4 aliphatic heterocycles. The first-order valence-electron chi connectivity index (χ1n) is 23.4. The lowest BCUT2D eigenvalue weighted by Crippen LogP contribution is -2.77. The van der Waals surface area contributed by atoms with E-state index in [0.717, 1.165) is 48.4 Å². The number of hydrogen-bond acceptors (Lipinski definition) is 12. The van der Waals surface area contributed by atoms with Gasteiger partial charge in [0.25, 0.3) is 0 Å². The molecular formula is C48H60N2O10. The van der Waals surface area contributed by atoms with E-state index >= 15 is 0 Å². The minimum Gasteiger partial charge on any atom is -0.482 e. The van der Waals surface area contributed by atoms with Crippen molar-refractivity contribution in [3.8, 4) is 23.0 Å². The van der Waals surface area contributed by atoms with Crippen LogP contribution in [-0.2, 0) is 33.3 Å². The van der Waals surface area contributed by atoms with Gasteiger partial charge < -0.3 is 39.4 Å². The Kier molecular flexibility index (Phi) is 8.72. The Morgan fingerprint density at radius 2 is 1.07 bits per heavy atom. The van der Waals surface area contributed by atoms with Gasteiger partial charge in [0.1, 0.15) is 12.2 Å². The number of piperidine rings is 2. The highest BCUT2D eigenvalue weighted by Gasteiger charge is 2.74. The highest BCUT2D eigenvalue weighted by Crippen LogP contribution is 2.67. The molecule has 6 aliphatic carbocycles. The fourth-order valence-electron chi connectivity index (χ4n) is 14.7. The van der Waals surface area contributed by atoms with Crippen molar-refractivity contribution >= 4 is 11.9 Å². The molecule has 2 spiro atoms. The molecule has 6 fully saturated rings. The van der Waals surface area contributed by atoms with Crippen LogP contribution in [0.4, 0.5) is 0 Å². The Hall–Kier alpha value is -3.26. The van der Waals surface area contributed by atoms with Crippen LogP contribution in [0.2, 0.25) is 0 Å². The van der Waals surface area contributed by atoms with Crippen molar-refractivity contribution in [1.29, 1.82) is 0 Å². The fraction of sp³-hybridized carbons (Fsp3) is 0.708. The average molecular weight is 825 g/mol. The van der Waals surface area contributed by atoms with Gasteiger partial charge in [-0.1, -0.05) is 25.0 Å². The van der Waals surface area contributed by atoms with E-state index in [1.54, 1.807) is 12.1 Å². The van der Waals surface area contributed by atoms with E-state index in [-0.39, 0.29) is 24.9 Å². The van der Waals surface area contributed by atoms with Gasteiger partial charge in [0.05, 0.1) is 34.2 Å². The number of likely N-dealkylation sites (tertiary alicyclic amines) is 2. The molecule has 2 aromatic rings. The maximum absolute atomic E-state index is 13.3. The van der Waals surface area contributed by atoms with Gasteiger partial charge in [0, 0.05) is 49.1 Å². The molecule has 0 aromatic heterocycles. The molecule has 4 bridgehead atoms. The molecule has 10 atom stereocenters. The number of carbonyl (C=O) groups is 2. The molecule has 0 radical (unpaired) electrons. The van der Waals surface area contributed by atoms with Crippen molar-refractivity contribution in [3.63, 3.8) is 0 Å². The molecule has 4 N–H and O–H groups in total. The van der Waals surface area contributed by atoms with Crippen LogP contribution in [0, 0.1) is 11.8 Å². The highest BCUT2D eigenvalue weighted by atomic mass is 16.6. The lowest BCUT2D eigenvalue weighted by molar-refractivity contribution is -0.209. The lowest BCUT2D eigenvalue weighted by atomic mass is 9.48. The van der Waals surface area contributed by atoms with Crippen molar-refractivity contribution in [2.24, 2.45) is 11.8 Å².